The van der Waals surface area contributed by atoms with Crippen molar-refractivity contribution in [3.63, 3.8) is 0 Å². The van der Waals surface area contributed by atoms with E-state index in [0.29, 0.717) is 11.7 Å². The van der Waals surface area contributed by atoms with Crippen LogP contribution in [0.15, 0.2) is 18.2 Å². The number of ether oxygens (including phenoxy) is 1. The van der Waals surface area contributed by atoms with Crippen molar-refractivity contribution in [1.29, 1.82) is 0 Å². The molecule has 7 nitrogen and oxygen atoms in total. The Hall–Kier alpha value is -2.57. The number of aromatic amines is 1. The summed E-state index contributed by atoms with van der Waals surface area (Å²) in [7, 11) is 1.35. The predicted molar refractivity (Wildman–Crippen MR) is 74.7 cm³/mol. The third-order valence-electron chi connectivity index (χ3n) is 3.13. The van der Waals surface area contributed by atoms with Gasteiger partial charge in [-0.15, -0.1) is 0 Å². The largest absolute Gasteiger partial charge is 0.467 e. The quantitative estimate of drug-likeness (QED) is 0.706. The van der Waals surface area contributed by atoms with Crippen LogP contribution in [0.25, 0.3) is 16.8 Å². The van der Waals surface area contributed by atoms with Crippen LogP contribution in [0.4, 0.5) is 5.95 Å². The summed E-state index contributed by atoms with van der Waals surface area (Å²) >= 11 is 0. The predicted octanol–water partition coefficient (Wildman–Crippen LogP) is 1.49. The fraction of sp³-hybridized carbons (Fsp3) is 0.308. The molecule has 0 amide bonds. The number of nitrogens with one attached hydrogen (secondary N) is 2. The first-order valence-corrected chi connectivity index (χ1v) is 6.27. The van der Waals surface area contributed by atoms with Crippen LogP contribution in [0.1, 0.15) is 12.5 Å². The first-order valence-electron chi connectivity index (χ1n) is 6.27. The SMILES string of the molecule is COC(=O)C(C)Nc1nc2nc3cc(C)ccc3n2[nH]1. The second kappa shape index (κ2) is 4.52. The number of imidazole rings is 1. The molecule has 0 fully saturated rings. The third-order valence-corrected chi connectivity index (χ3v) is 3.13. The summed E-state index contributed by atoms with van der Waals surface area (Å²) in [6.07, 6.45) is 0. The minimum absolute atomic E-state index is 0.348. The Morgan fingerprint density at radius 2 is 2.25 bits per heavy atom. The number of fused-ring (bicyclic) bond motifs is 3. The Balaban J connectivity index is 1.97. The number of nitrogens with zero attached hydrogens (tertiary/aromatic N) is 3. The fourth-order valence-electron chi connectivity index (χ4n) is 2.10. The van der Waals surface area contributed by atoms with Crippen molar-refractivity contribution >= 4 is 28.7 Å². The fourth-order valence-corrected chi connectivity index (χ4v) is 2.10. The van der Waals surface area contributed by atoms with E-state index in [1.807, 2.05) is 25.1 Å². The maximum atomic E-state index is 11.4. The Morgan fingerprint density at radius 1 is 1.45 bits per heavy atom. The molecule has 3 aromatic rings. The number of benzene rings is 1. The lowest BCUT2D eigenvalue weighted by molar-refractivity contribution is -0.141. The Bertz CT molecular complexity index is 789. The molecule has 0 radical (unpaired) electrons. The summed E-state index contributed by atoms with van der Waals surface area (Å²) in [4.78, 5) is 20.1. The summed E-state index contributed by atoms with van der Waals surface area (Å²) in [5, 5.41) is 6.01. The van der Waals surface area contributed by atoms with E-state index >= 15 is 0 Å². The van der Waals surface area contributed by atoms with Crippen LogP contribution in [0, 0.1) is 6.92 Å². The summed E-state index contributed by atoms with van der Waals surface area (Å²) < 4.78 is 6.44. The standard InChI is InChI=1S/C13H15N5O2/c1-7-4-5-10-9(6-7)15-13-16-12(17-18(10)13)14-8(2)11(19)20-3/h4-6,8H,1-3H3,(H2,14,15,16,17). The average Bonchev–Trinajstić information content (AvgIpc) is 2.93. The highest BCUT2D eigenvalue weighted by molar-refractivity contribution is 5.81. The first kappa shape index (κ1) is 12.5. The number of hydrogen-bond acceptors (Lipinski definition) is 5. The molecule has 0 bridgehead atoms. The van der Waals surface area contributed by atoms with Crippen LogP contribution < -0.4 is 5.32 Å². The van der Waals surface area contributed by atoms with Gasteiger partial charge in [0.25, 0.3) is 5.78 Å². The van der Waals surface area contributed by atoms with Crippen molar-refractivity contribution in [3.05, 3.63) is 23.8 Å². The van der Waals surface area contributed by atoms with Gasteiger partial charge in [0.15, 0.2) is 0 Å². The molecule has 3 rings (SSSR count). The number of H-pyrrole nitrogens is 1. The van der Waals surface area contributed by atoms with Crippen LogP contribution in [0.5, 0.6) is 0 Å². The lowest BCUT2D eigenvalue weighted by atomic mass is 10.2. The molecule has 0 saturated heterocycles. The van der Waals surface area contributed by atoms with Gasteiger partial charge in [-0.05, 0) is 31.5 Å². The molecule has 0 spiro atoms. The molecule has 2 aromatic heterocycles. The third kappa shape index (κ3) is 1.97. The number of anilines is 1. The van der Waals surface area contributed by atoms with E-state index in [1.54, 1.807) is 11.4 Å². The minimum Gasteiger partial charge on any atom is -0.467 e. The van der Waals surface area contributed by atoms with Gasteiger partial charge in [0.05, 0.1) is 18.1 Å². The van der Waals surface area contributed by atoms with Crippen LogP contribution in [0.3, 0.4) is 0 Å². The zero-order valence-corrected chi connectivity index (χ0v) is 11.5. The second-order valence-corrected chi connectivity index (χ2v) is 4.70. The van der Waals surface area contributed by atoms with Gasteiger partial charge in [0.1, 0.15) is 6.04 Å². The summed E-state index contributed by atoms with van der Waals surface area (Å²) in [6.45, 7) is 3.73. The highest BCUT2D eigenvalue weighted by atomic mass is 16.5. The molecule has 1 aromatic carbocycles. The number of aromatic nitrogens is 4. The topological polar surface area (TPSA) is 84.3 Å². The number of hydrogen-bond donors (Lipinski definition) is 2. The van der Waals surface area contributed by atoms with Gasteiger partial charge in [0, 0.05) is 0 Å². The average molecular weight is 273 g/mol. The molecule has 0 aliphatic carbocycles. The molecule has 0 saturated carbocycles. The van der Waals surface area contributed by atoms with Crippen LogP contribution in [-0.2, 0) is 9.53 Å². The van der Waals surface area contributed by atoms with Gasteiger partial charge in [-0.1, -0.05) is 6.07 Å². The van der Waals surface area contributed by atoms with Gasteiger partial charge in [-0.25, -0.2) is 14.3 Å². The highest BCUT2D eigenvalue weighted by Crippen LogP contribution is 2.17. The molecular weight excluding hydrogens is 258 g/mol. The highest BCUT2D eigenvalue weighted by Gasteiger charge is 2.16. The van der Waals surface area contributed by atoms with Crippen molar-refractivity contribution < 1.29 is 9.53 Å². The van der Waals surface area contributed by atoms with Crippen LogP contribution in [-0.4, -0.2) is 38.7 Å². The van der Waals surface area contributed by atoms with Crippen molar-refractivity contribution in [2.45, 2.75) is 19.9 Å². The van der Waals surface area contributed by atoms with Gasteiger partial charge >= 0.3 is 5.97 Å². The molecular formula is C13H15N5O2. The number of esters is 1. The van der Waals surface area contributed by atoms with Gasteiger partial charge < -0.3 is 10.1 Å². The number of rotatable bonds is 3. The molecule has 0 aliphatic rings. The number of carbonyl (C=O) groups excluding carboxylic acids is 1. The second-order valence-electron chi connectivity index (χ2n) is 4.70. The number of methoxy groups -OCH3 is 1. The first-order chi connectivity index (χ1) is 9.58. The van der Waals surface area contributed by atoms with E-state index in [2.05, 4.69) is 25.1 Å². The van der Waals surface area contributed by atoms with Crippen molar-refractivity contribution in [2.75, 3.05) is 12.4 Å². The van der Waals surface area contributed by atoms with E-state index in [-0.39, 0.29) is 5.97 Å². The molecule has 0 aliphatic heterocycles. The summed E-state index contributed by atoms with van der Waals surface area (Å²) in [5.41, 5.74) is 2.98. The monoisotopic (exact) mass is 273 g/mol. The lowest BCUT2D eigenvalue weighted by Gasteiger charge is -2.09. The van der Waals surface area contributed by atoms with Gasteiger partial charge in [-0.2, -0.15) is 4.98 Å². The number of aryl methyl sites for hydroxylation is 1. The molecule has 7 heteroatoms. The Kier molecular flexibility index (Phi) is 2.81. The maximum Gasteiger partial charge on any atom is 0.328 e. The van der Waals surface area contributed by atoms with Crippen molar-refractivity contribution in [2.24, 2.45) is 0 Å². The maximum absolute atomic E-state index is 11.4. The van der Waals surface area contributed by atoms with Crippen molar-refractivity contribution in [3.8, 4) is 0 Å². The van der Waals surface area contributed by atoms with Crippen LogP contribution in [0.2, 0.25) is 0 Å². The van der Waals surface area contributed by atoms with E-state index in [1.165, 1.54) is 7.11 Å². The molecule has 104 valence electrons. The molecule has 20 heavy (non-hydrogen) atoms. The van der Waals surface area contributed by atoms with E-state index < -0.39 is 6.04 Å². The minimum atomic E-state index is -0.482. The molecule has 2 N–H and O–H groups in total. The molecule has 2 heterocycles. The summed E-state index contributed by atoms with van der Waals surface area (Å²) in [6, 6.07) is 5.52. The Labute approximate surface area is 114 Å². The smallest absolute Gasteiger partial charge is 0.328 e. The zero-order chi connectivity index (χ0) is 14.3. The summed E-state index contributed by atoms with van der Waals surface area (Å²) in [5.74, 6) is 0.692. The zero-order valence-electron chi connectivity index (χ0n) is 11.5. The van der Waals surface area contributed by atoms with Gasteiger partial charge in [0.2, 0.25) is 5.95 Å². The van der Waals surface area contributed by atoms with Crippen LogP contribution >= 0.6 is 0 Å². The van der Waals surface area contributed by atoms with E-state index in [9.17, 15) is 4.79 Å². The van der Waals surface area contributed by atoms with E-state index in [0.717, 1.165) is 16.6 Å². The Morgan fingerprint density at radius 3 is 3.00 bits per heavy atom. The van der Waals surface area contributed by atoms with Gasteiger partial charge in [-0.3, -0.25) is 5.10 Å². The lowest BCUT2D eigenvalue weighted by Crippen LogP contribution is -2.27. The normalized spacial score (nSPS) is 12.8. The molecule has 1 unspecified atom stereocenters. The number of carbonyl (C=O) groups is 1. The van der Waals surface area contributed by atoms with E-state index in [4.69, 9.17) is 0 Å². The van der Waals surface area contributed by atoms with Crippen molar-refractivity contribution in [1.82, 2.24) is 19.6 Å². The molecule has 1 atom stereocenters.